The van der Waals surface area contributed by atoms with E-state index in [1.807, 2.05) is 25.1 Å². The number of likely N-dealkylation sites (N-methyl/N-ethyl adjacent to an activating group) is 1. The molecule has 0 saturated heterocycles. The van der Waals surface area contributed by atoms with Gasteiger partial charge in [-0.3, -0.25) is 19.6 Å². The van der Waals surface area contributed by atoms with Gasteiger partial charge >= 0.3 is 0 Å². The third-order valence-corrected chi connectivity index (χ3v) is 5.83. The van der Waals surface area contributed by atoms with Gasteiger partial charge in [0.25, 0.3) is 5.91 Å². The van der Waals surface area contributed by atoms with E-state index in [0.29, 0.717) is 41.4 Å². The summed E-state index contributed by atoms with van der Waals surface area (Å²) in [7, 11) is 3.50. The molecule has 0 atom stereocenters. The number of aromatic nitrogens is 5. The molecule has 0 radical (unpaired) electrons. The van der Waals surface area contributed by atoms with Crippen LogP contribution in [-0.4, -0.2) is 56.0 Å². The molecule has 1 amide bonds. The molecule has 0 saturated carbocycles. The molecule has 1 aliphatic rings. The van der Waals surface area contributed by atoms with Crippen molar-refractivity contribution in [3.63, 3.8) is 0 Å². The minimum atomic E-state index is -0.383. The molecule has 33 heavy (non-hydrogen) atoms. The molecule has 5 rings (SSSR count). The second-order valence-corrected chi connectivity index (χ2v) is 7.96. The van der Waals surface area contributed by atoms with Crippen molar-refractivity contribution in [1.82, 2.24) is 29.9 Å². The number of aromatic amines is 1. The molecule has 1 aliphatic heterocycles. The Labute approximate surface area is 189 Å². The first-order chi connectivity index (χ1) is 16.0. The SMILES string of the molecule is CCc1nn(C)c2c1/C=C/c1n[nH]c3cnc(cc13)-c1cc(F)ccc1OCCN(C)C2=O. The first kappa shape index (κ1) is 20.9. The maximum Gasteiger partial charge on any atom is 0.272 e. The van der Waals surface area contributed by atoms with Crippen molar-refractivity contribution in [2.45, 2.75) is 13.3 Å². The number of aryl methyl sites for hydroxylation is 2. The molecule has 0 fully saturated rings. The van der Waals surface area contributed by atoms with Gasteiger partial charge in [0.15, 0.2) is 0 Å². The van der Waals surface area contributed by atoms with Crippen molar-refractivity contribution in [3.05, 3.63) is 58.9 Å². The Balaban J connectivity index is 1.72. The van der Waals surface area contributed by atoms with Gasteiger partial charge in [-0.2, -0.15) is 10.2 Å². The number of nitrogens with zero attached hydrogens (tertiary/aromatic N) is 5. The molecular formula is C24H23FN6O2. The Hall–Kier alpha value is -4.01. The first-order valence-electron chi connectivity index (χ1n) is 10.7. The number of carbonyl (C=O) groups is 1. The fourth-order valence-electron chi connectivity index (χ4n) is 4.06. The van der Waals surface area contributed by atoms with Crippen LogP contribution in [0.15, 0.2) is 30.5 Å². The average molecular weight is 446 g/mol. The maximum absolute atomic E-state index is 14.1. The minimum absolute atomic E-state index is 0.156. The zero-order chi connectivity index (χ0) is 23.1. The number of halogens is 1. The number of hydrogen-bond acceptors (Lipinski definition) is 5. The highest BCUT2D eigenvalue weighted by Crippen LogP contribution is 2.32. The summed E-state index contributed by atoms with van der Waals surface area (Å²) in [6.45, 7) is 2.59. The predicted molar refractivity (Wildman–Crippen MR) is 123 cm³/mol. The van der Waals surface area contributed by atoms with E-state index < -0.39 is 0 Å². The van der Waals surface area contributed by atoms with E-state index in [2.05, 4.69) is 20.3 Å². The van der Waals surface area contributed by atoms with Crippen LogP contribution in [0.25, 0.3) is 34.3 Å². The van der Waals surface area contributed by atoms with Crippen LogP contribution in [0, 0.1) is 5.82 Å². The standard InChI is InChI=1S/C24H23FN6O2/c1-4-18-15-6-7-19-16-12-20(26-13-21(16)28-27-19)17-11-14(25)5-8-22(17)33-10-9-30(2)24(32)23(15)31(3)29-18/h5-8,11-13H,4,9-10H2,1-3H3,(H,27,28)/b7-6+. The van der Waals surface area contributed by atoms with Crippen LogP contribution in [0.5, 0.6) is 5.75 Å². The highest BCUT2D eigenvalue weighted by Gasteiger charge is 2.23. The van der Waals surface area contributed by atoms with Crippen LogP contribution in [0.2, 0.25) is 0 Å². The minimum Gasteiger partial charge on any atom is -0.491 e. The lowest BCUT2D eigenvalue weighted by molar-refractivity contribution is 0.0763. The molecule has 1 aromatic carbocycles. The van der Waals surface area contributed by atoms with Gasteiger partial charge in [0.05, 0.1) is 35.3 Å². The topological polar surface area (TPSA) is 88.9 Å². The second-order valence-electron chi connectivity index (χ2n) is 7.96. The van der Waals surface area contributed by atoms with Crippen LogP contribution >= 0.6 is 0 Å². The summed E-state index contributed by atoms with van der Waals surface area (Å²) in [5.41, 5.74) is 4.64. The van der Waals surface area contributed by atoms with E-state index in [1.54, 1.807) is 35.9 Å². The molecule has 3 aromatic heterocycles. The van der Waals surface area contributed by atoms with Crippen molar-refractivity contribution >= 4 is 29.0 Å². The Morgan fingerprint density at radius 3 is 2.88 bits per heavy atom. The van der Waals surface area contributed by atoms with E-state index in [4.69, 9.17) is 4.74 Å². The maximum atomic E-state index is 14.1. The summed E-state index contributed by atoms with van der Waals surface area (Å²) < 4.78 is 21.7. The van der Waals surface area contributed by atoms with Crippen LogP contribution < -0.4 is 4.74 Å². The van der Waals surface area contributed by atoms with Crippen molar-refractivity contribution in [2.24, 2.45) is 7.05 Å². The number of H-pyrrole nitrogens is 1. The largest absolute Gasteiger partial charge is 0.491 e. The molecule has 4 heterocycles. The normalized spacial score (nSPS) is 15.0. The number of benzene rings is 1. The lowest BCUT2D eigenvalue weighted by Gasteiger charge is -2.19. The summed E-state index contributed by atoms with van der Waals surface area (Å²) in [5.74, 6) is -0.0441. The van der Waals surface area contributed by atoms with Gasteiger partial charge in [-0.25, -0.2) is 4.39 Å². The van der Waals surface area contributed by atoms with Crippen molar-refractivity contribution < 1.29 is 13.9 Å². The molecule has 168 valence electrons. The summed E-state index contributed by atoms with van der Waals surface area (Å²) in [4.78, 5) is 19.4. The molecule has 0 unspecified atom stereocenters. The Kier molecular flexibility index (Phi) is 5.16. The lowest BCUT2D eigenvalue weighted by atomic mass is 10.1. The van der Waals surface area contributed by atoms with E-state index in [9.17, 15) is 9.18 Å². The first-order valence-corrected chi connectivity index (χ1v) is 10.7. The van der Waals surface area contributed by atoms with Crippen LogP contribution in [0.3, 0.4) is 0 Å². The summed E-state index contributed by atoms with van der Waals surface area (Å²) in [6.07, 6.45) is 6.10. The number of amides is 1. The van der Waals surface area contributed by atoms with E-state index >= 15 is 0 Å². The predicted octanol–water partition coefficient (Wildman–Crippen LogP) is 3.69. The molecule has 2 bridgehead atoms. The fraction of sp³-hybridized carbons (Fsp3) is 0.250. The van der Waals surface area contributed by atoms with Crippen LogP contribution in [0.4, 0.5) is 4.39 Å². The molecule has 1 N–H and O–H groups in total. The van der Waals surface area contributed by atoms with Gasteiger partial charge in [-0.05, 0) is 42.8 Å². The van der Waals surface area contributed by atoms with Crippen molar-refractivity contribution in [2.75, 3.05) is 20.2 Å². The molecular weight excluding hydrogens is 423 g/mol. The van der Waals surface area contributed by atoms with Gasteiger partial charge in [0.1, 0.15) is 23.9 Å². The highest BCUT2D eigenvalue weighted by atomic mass is 19.1. The summed E-state index contributed by atoms with van der Waals surface area (Å²) in [5, 5.41) is 12.8. The Morgan fingerprint density at radius 2 is 2.06 bits per heavy atom. The number of fused-ring (bicyclic) bond motifs is 4. The Morgan fingerprint density at radius 1 is 1.21 bits per heavy atom. The van der Waals surface area contributed by atoms with Gasteiger partial charge in [0.2, 0.25) is 0 Å². The lowest BCUT2D eigenvalue weighted by Crippen LogP contribution is -2.32. The highest BCUT2D eigenvalue weighted by molar-refractivity contribution is 5.98. The number of carbonyl (C=O) groups excluding carboxylic acids is 1. The molecule has 8 nitrogen and oxygen atoms in total. The number of pyridine rings is 1. The Bertz CT molecular complexity index is 1400. The quantitative estimate of drug-likeness (QED) is 0.482. The number of rotatable bonds is 1. The van der Waals surface area contributed by atoms with Crippen molar-refractivity contribution in [3.8, 4) is 17.0 Å². The third-order valence-electron chi connectivity index (χ3n) is 5.83. The summed E-state index contributed by atoms with van der Waals surface area (Å²) >= 11 is 0. The number of ether oxygens (including phenoxy) is 1. The third kappa shape index (κ3) is 3.65. The zero-order valence-electron chi connectivity index (χ0n) is 18.6. The fourth-order valence-corrected chi connectivity index (χ4v) is 4.06. The second kappa shape index (κ2) is 8.16. The number of nitrogens with one attached hydrogen (secondary N) is 1. The smallest absolute Gasteiger partial charge is 0.272 e. The molecule has 4 aromatic rings. The van der Waals surface area contributed by atoms with E-state index in [0.717, 1.165) is 22.2 Å². The van der Waals surface area contributed by atoms with E-state index in [1.165, 1.54) is 12.1 Å². The van der Waals surface area contributed by atoms with Crippen molar-refractivity contribution in [1.29, 1.82) is 0 Å². The molecule has 9 heteroatoms. The number of hydrogen-bond donors (Lipinski definition) is 1. The van der Waals surface area contributed by atoms with Gasteiger partial charge in [-0.15, -0.1) is 0 Å². The zero-order valence-corrected chi connectivity index (χ0v) is 18.6. The molecule has 0 aliphatic carbocycles. The van der Waals surface area contributed by atoms with Crippen LogP contribution in [-0.2, 0) is 13.5 Å². The van der Waals surface area contributed by atoms with Gasteiger partial charge < -0.3 is 9.64 Å². The molecule has 0 spiro atoms. The van der Waals surface area contributed by atoms with Gasteiger partial charge in [-0.1, -0.05) is 6.92 Å². The van der Waals surface area contributed by atoms with Gasteiger partial charge in [0, 0.05) is 30.6 Å². The average Bonchev–Trinajstić information content (AvgIpc) is 3.36. The van der Waals surface area contributed by atoms with E-state index in [-0.39, 0.29) is 18.3 Å². The summed E-state index contributed by atoms with van der Waals surface area (Å²) in [6, 6.07) is 6.20. The van der Waals surface area contributed by atoms with Crippen LogP contribution in [0.1, 0.15) is 34.4 Å². The monoisotopic (exact) mass is 446 g/mol.